The number of H-pyrrole nitrogens is 1. The quantitative estimate of drug-likeness (QED) is 0.842. The van der Waals surface area contributed by atoms with E-state index in [4.69, 9.17) is 4.52 Å². The highest BCUT2D eigenvalue weighted by Crippen LogP contribution is 2.32. The van der Waals surface area contributed by atoms with Crippen molar-refractivity contribution >= 4 is 11.8 Å². The Bertz CT molecular complexity index is 1010. The first-order valence-corrected chi connectivity index (χ1v) is 10.00. The molecule has 4 rings (SSSR count). The summed E-state index contributed by atoms with van der Waals surface area (Å²) in [5.41, 5.74) is 1.79. The van der Waals surface area contributed by atoms with Crippen LogP contribution in [0.25, 0.3) is 0 Å². The van der Waals surface area contributed by atoms with E-state index in [9.17, 15) is 14.4 Å². The monoisotopic (exact) mass is 399 g/mol. The molecule has 0 spiro atoms. The van der Waals surface area contributed by atoms with Gasteiger partial charge in [-0.15, -0.1) is 0 Å². The molecule has 0 radical (unpaired) electrons. The number of aromatic nitrogens is 3. The zero-order chi connectivity index (χ0) is 20.7. The van der Waals surface area contributed by atoms with Gasteiger partial charge >= 0.3 is 0 Å². The molecule has 2 amide bonds. The smallest absolute Gasteiger partial charge is 0.293 e. The summed E-state index contributed by atoms with van der Waals surface area (Å²) in [6.45, 7) is 6.88. The van der Waals surface area contributed by atoms with Gasteiger partial charge in [-0.1, -0.05) is 19.0 Å². The Kier molecular flexibility index (Phi) is 4.97. The van der Waals surface area contributed by atoms with E-state index >= 15 is 0 Å². The van der Waals surface area contributed by atoms with Crippen LogP contribution in [0.3, 0.4) is 0 Å². The number of nitrogens with zero attached hydrogens (tertiary/aromatic N) is 4. The second-order valence-electron chi connectivity index (χ2n) is 7.99. The Morgan fingerprint density at radius 3 is 2.79 bits per heavy atom. The lowest BCUT2D eigenvalue weighted by Gasteiger charge is -2.28. The molecular weight excluding hydrogens is 374 g/mol. The van der Waals surface area contributed by atoms with Gasteiger partial charge < -0.3 is 19.3 Å². The van der Waals surface area contributed by atoms with E-state index in [0.29, 0.717) is 49.6 Å². The Hall–Kier alpha value is -2.97. The molecule has 1 atom stereocenters. The minimum Gasteiger partial charge on any atom is -0.351 e. The van der Waals surface area contributed by atoms with E-state index < -0.39 is 0 Å². The zero-order valence-electron chi connectivity index (χ0n) is 16.9. The van der Waals surface area contributed by atoms with Crippen molar-refractivity contribution in [3.8, 4) is 0 Å². The lowest BCUT2D eigenvalue weighted by Crippen LogP contribution is -2.39. The molecular formula is C20H25N5O4. The van der Waals surface area contributed by atoms with Gasteiger partial charge in [0.05, 0.1) is 24.0 Å². The predicted molar refractivity (Wildman–Crippen MR) is 103 cm³/mol. The van der Waals surface area contributed by atoms with Crippen molar-refractivity contribution in [2.75, 3.05) is 13.1 Å². The summed E-state index contributed by atoms with van der Waals surface area (Å²) in [5.74, 6) is 0.538. The minimum absolute atomic E-state index is 0.0387. The zero-order valence-corrected chi connectivity index (χ0v) is 16.9. The van der Waals surface area contributed by atoms with Gasteiger partial charge in [0.2, 0.25) is 11.7 Å². The van der Waals surface area contributed by atoms with Crippen molar-refractivity contribution in [2.24, 2.45) is 0 Å². The summed E-state index contributed by atoms with van der Waals surface area (Å²) in [4.78, 5) is 48.2. The molecule has 0 aliphatic carbocycles. The Morgan fingerprint density at radius 2 is 2.10 bits per heavy atom. The Labute approximate surface area is 168 Å². The van der Waals surface area contributed by atoms with Crippen LogP contribution in [0.15, 0.2) is 15.4 Å². The van der Waals surface area contributed by atoms with Crippen LogP contribution in [0.4, 0.5) is 0 Å². The van der Waals surface area contributed by atoms with E-state index in [2.05, 4.69) is 15.1 Å². The summed E-state index contributed by atoms with van der Waals surface area (Å²) in [7, 11) is 0. The van der Waals surface area contributed by atoms with E-state index in [1.54, 1.807) is 15.9 Å². The van der Waals surface area contributed by atoms with Crippen LogP contribution >= 0.6 is 0 Å². The van der Waals surface area contributed by atoms with Gasteiger partial charge in [0.25, 0.3) is 11.5 Å². The molecule has 4 heterocycles. The fourth-order valence-electron chi connectivity index (χ4n) is 3.98. The van der Waals surface area contributed by atoms with Crippen molar-refractivity contribution in [2.45, 2.75) is 58.5 Å². The first-order valence-electron chi connectivity index (χ1n) is 10.00. The van der Waals surface area contributed by atoms with Gasteiger partial charge in [-0.25, -0.2) is 4.98 Å². The van der Waals surface area contributed by atoms with E-state index in [0.717, 1.165) is 12.1 Å². The number of carbonyl (C=O) groups is 2. The standard InChI is InChI=1S/C20H25N5O4/c1-11(2)14-9-17(29-23-14)20(28)25-7-4-5-16(25)18-21-15-10-24(12(3)26)8-6-13(15)19(27)22-18/h9,11,16H,4-8,10H2,1-3H3,(H,21,22,27)/t16-/m0/s1. The fourth-order valence-corrected chi connectivity index (χ4v) is 3.98. The van der Waals surface area contributed by atoms with Crippen LogP contribution < -0.4 is 5.56 Å². The molecule has 9 heteroatoms. The fraction of sp³-hybridized carbons (Fsp3) is 0.550. The first-order chi connectivity index (χ1) is 13.8. The average molecular weight is 399 g/mol. The molecule has 1 saturated heterocycles. The second-order valence-corrected chi connectivity index (χ2v) is 7.99. The highest BCUT2D eigenvalue weighted by molar-refractivity contribution is 5.92. The third-order valence-electron chi connectivity index (χ3n) is 5.70. The summed E-state index contributed by atoms with van der Waals surface area (Å²) in [5, 5.41) is 3.97. The summed E-state index contributed by atoms with van der Waals surface area (Å²) < 4.78 is 5.26. The number of hydrogen-bond acceptors (Lipinski definition) is 6. The van der Waals surface area contributed by atoms with Gasteiger partial charge in [0.15, 0.2) is 0 Å². The number of aromatic amines is 1. The van der Waals surface area contributed by atoms with Crippen LogP contribution in [-0.2, 0) is 17.8 Å². The Balaban J connectivity index is 1.63. The molecule has 0 saturated carbocycles. The van der Waals surface area contributed by atoms with Crippen molar-refractivity contribution in [1.82, 2.24) is 24.9 Å². The summed E-state index contributed by atoms with van der Waals surface area (Å²) in [6, 6.07) is 1.34. The van der Waals surface area contributed by atoms with Crippen molar-refractivity contribution < 1.29 is 14.1 Å². The average Bonchev–Trinajstić information content (AvgIpc) is 3.36. The number of amides is 2. The summed E-state index contributed by atoms with van der Waals surface area (Å²) >= 11 is 0. The van der Waals surface area contributed by atoms with Crippen LogP contribution in [0.2, 0.25) is 0 Å². The predicted octanol–water partition coefficient (Wildman–Crippen LogP) is 1.76. The molecule has 154 valence electrons. The number of likely N-dealkylation sites (tertiary alicyclic amines) is 1. The Morgan fingerprint density at radius 1 is 1.31 bits per heavy atom. The molecule has 0 bridgehead atoms. The highest BCUT2D eigenvalue weighted by atomic mass is 16.5. The highest BCUT2D eigenvalue weighted by Gasteiger charge is 2.35. The number of hydrogen-bond donors (Lipinski definition) is 1. The van der Waals surface area contributed by atoms with E-state index in [1.165, 1.54) is 6.92 Å². The number of carbonyl (C=O) groups excluding carboxylic acids is 2. The van der Waals surface area contributed by atoms with E-state index in [1.807, 2.05) is 13.8 Å². The first kappa shape index (κ1) is 19.4. The largest absolute Gasteiger partial charge is 0.351 e. The number of rotatable bonds is 3. The van der Waals surface area contributed by atoms with Crippen molar-refractivity contribution in [3.05, 3.63) is 45.0 Å². The topological polar surface area (TPSA) is 112 Å². The van der Waals surface area contributed by atoms with Crippen molar-refractivity contribution in [3.63, 3.8) is 0 Å². The van der Waals surface area contributed by atoms with Crippen LogP contribution in [0.5, 0.6) is 0 Å². The van der Waals surface area contributed by atoms with Crippen LogP contribution in [0.1, 0.15) is 78.9 Å². The van der Waals surface area contributed by atoms with Gasteiger partial charge in [-0.2, -0.15) is 0 Å². The summed E-state index contributed by atoms with van der Waals surface area (Å²) in [6.07, 6.45) is 2.00. The molecule has 2 aliphatic heterocycles. The maximum absolute atomic E-state index is 13.0. The van der Waals surface area contributed by atoms with Gasteiger partial charge in [-0.3, -0.25) is 14.4 Å². The molecule has 29 heavy (non-hydrogen) atoms. The molecule has 0 unspecified atom stereocenters. The molecule has 2 aliphatic rings. The van der Waals surface area contributed by atoms with Gasteiger partial charge in [0.1, 0.15) is 5.82 Å². The lowest BCUT2D eigenvalue weighted by atomic mass is 10.1. The molecule has 2 aromatic rings. The normalized spacial score (nSPS) is 19.0. The molecule has 2 aromatic heterocycles. The van der Waals surface area contributed by atoms with Crippen molar-refractivity contribution in [1.29, 1.82) is 0 Å². The third kappa shape index (κ3) is 3.56. The molecule has 9 nitrogen and oxygen atoms in total. The maximum atomic E-state index is 13.0. The molecule has 0 aromatic carbocycles. The number of nitrogens with one attached hydrogen (secondary N) is 1. The lowest BCUT2D eigenvalue weighted by molar-refractivity contribution is -0.129. The minimum atomic E-state index is -0.333. The maximum Gasteiger partial charge on any atom is 0.293 e. The number of fused-ring (bicyclic) bond motifs is 1. The van der Waals surface area contributed by atoms with Gasteiger partial charge in [-0.05, 0) is 25.2 Å². The van der Waals surface area contributed by atoms with Crippen LogP contribution in [-0.4, -0.2) is 49.8 Å². The van der Waals surface area contributed by atoms with Crippen LogP contribution in [0, 0.1) is 0 Å². The molecule has 1 fully saturated rings. The third-order valence-corrected chi connectivity index (χ3v) is 5.70. The SMILES string of the molecule is CC(=O)N1CCc2c(nc([C@@H]3CCCN3C(=O)c3cc(C(C)C)no3)[nH]c2=O)C1. The molecule has 1 N–H and O–H groups in total. The van der Waals surface area contributed by atoms with E-state index in [-0.39, 0.29) is 35.1 Å². The van der Waals surface area contributed by atoms with Gasteiger partial charge in [0, 0.05) is 31.6 Å². The second kappa shape index (κ2) is 7.46.